The van der Waals surface area contributed by atoms with Gasteiger partial charge in [-0.3, -0.25) is 4.48 Å². The summed E-state index contributed by atoms with van der Waals surface area (Å²) in [4.78, 5) is 0. The Bertz CT molecular complexity index is 302. The summed E-state index contributed by atoms with van der Waals surface area (Å²) in [5.74, 6) is 0. The largest absolute Gasteiger partial charge is 1.00 e. The SMILES string of the molecule is C[N+](C)(c1ccccc1)C1CCCCC1.[B-]. The molecule has 1 aliphatic rings. The maximum atomic E-state index is 2.35. The normalized spacial score (nSPS) is 17.9. The molecule has 0 amide bonds. The molecule has 0 saturated heterocycles. The van der Waals surface area contributed by atoms with Gasteiger partial charge in [0.25, 0.3) is 0 Å². The van der Waals surface area contributed by atoms with Gasteiger partial charge in [-0.25, -0.2) is 0 Å². The molecule has 0 heterocycles. The summed E-state index contributed by atoms with van der Waals surface area (Å²) in [6.45, 7) is 0. The molecule has 2 rings (SSSR count). The molecule has 1 saturated carbocycles. The Morgan fingerprint density at radius 2 is 1.50 bits per heavy atom. The highest BCUT2D eigenvalue weighted by Crippen LogP contribution is 2.30. The van der Waals surface area contributed by atoms with E-state index >= 15 is 0 Å². The van der Waals surface area contributed by atoms with Gasteiger partial charge in [0.15, 0.2) is 0 Å². The second-order valence-electron chi connectivity index (χ2n) is 5.17. The van der Waals surface area contributed by atoms with E-state index in [1.54, 1.807) is 0 Å². The maximum Gasteiger partial charge on any atom is 0.132 e. The van der Waals surface area contributed by atoms with Crippen molar-refractivity contribution in [3.05, 3.63) is 30.3 Å². The predicted molar refractivity (Wildman–Crippen MR) is 72.7 cm³/mol. The van der Waals surface area contributed by atoms with Gasteiger partial charge in [0.2, 0.25) is 0 Å². The molecule has 1 aromatic carbocycles. The molecule has 1 fully saturated rings. The number of para-hydroxylation sites is 1. The molecular weight excluding hydrogens is 193 g/mol. The van der Waals surface area contributed by atoms with Crippen LogP contribution in [0.2, 0.25) is 0 Å². The van der Waals surface area contributed by atoms with Gasteiger partial charge in [-0.05, 0) is 37.8 Å². The van der Waals surface area contributed by atoms with Crippen molar-refractivity contribution in [1.29, 1.82) is 0 Å². The Morgan fingerprint density at radius 1 is 0.938 bits per heavy atom. The molecule has 0 N–H and O–H groups in total. The van der Waals surface area contributed by atoms with Gasteiger partial charge >= 0.3 is 0 Å². The zero-order chi connectivity index (χ0) is 10.7. The number of hydrogen-bond acceptors (Lipinski definition) is 0. The minimum atomic E-state index is 0. The zero-order valence-corrected chi connectivity index (χ0v) is 10.5. The third kappa shape index (κ3) is 2.68. The molecule has 1 aliphatic carbocycles. The first-order valence-electron chi connectivity index (χ1n) is 6.10. The van der Waals surface area contributed by atoms with E-state index in [1.165, 1.54) is 37.8 Å². The van der Waals surface area contributed by atoms with Crippen LogP contribution in [-0.4, -0.2) is 28.6 Å². The Labute approximate surface area is 102 Å². The van der Waals surface area contributed by atoms with Crippen molar-refractivity contribution in [2.45, 2.75) is 38.1 Å². The van der Waals surface area contributed by atoms with Crippen LogP contribution in [0.15, 0.2) is 30.3 Å². The number of hydrogen-bond donors (Lipinski definition) is 0. The van der Waals surface area contributed by atoms with E-state index in [0.29, 0.717) is 0 Å². The smallest absolute Gasteiger partial charge is 0.132 e. The summed E-state index contributed by atoms with van der Waals surface area (Å²) in [6.07, 6.45) is 7.05. The fourth-order valence-corrected chi connectivity index (χ4v) is 2.75. The first-order valence-corrected chi connectivity index (χ1v) is 6.10. The number of quaternary nitrogens is 1. The van der Waals surface area contributed by atoms with Crippen LogP contribution in [0.4, 0.5) is 5.69 Å². The van der Waals surface area contributed by atoms with Crippen LogP contribution in [0.3, 0.4) is 0 Å². The van der Waals surface area contributed by atoms with Crippen molar-refractivity contribution >= 4 is 14.1 Å². The van der Waals surface area contributed by atoms with E-state index in [2.05, 4.69) is 44.4 Å². The molecule has 0 unspecified atom stereocenters. The van der Waals surface area contributed by atoms with Crippen molar-refractivity contribution < 1.29 is 0 Å². The third-order valence-corrected chi connectivity index (χ3v) is 3.91. The molecule has 0 aromatic heterocycles. The molecular formula is C14H22BN. The maximum absolute atomic E-state index is 2.35. The first kappa shape index (κ1) is 13.3. The molecule has 1 nitrogen and oxygen atoms in total. The molecule has 86 valence electrons. The highest BCUT2D eigenvalue weighted by Gasteiger charge is 2.31. The van der Waals surface area contributed by atoms with Crippen molar-refractivity contribution in [2.75, 3.05) is 14.1 Å². The Morgan fingerprint density at radius 3 is 2.06 bits per heavy atom. The Hall–Kier alpha value is -0.755. The Balaban J connectivity index is 0.00000128. The number of nitrogens with zero attached hydrogens (tertiary/aromatic N) is 1. The van der Waals surface area contributed by atoms with Gasteiger partial charge in [-0.15, -0.1) is 0 Å². The molecule has 0 spiro atoms. The summed E-state index contributed by atoms with van der Waals surface area (Å²) in [5.41, 5.74) is 1.45. The van der Waals surface area contributed by atoms with Crippen LogP contribution >= 0.6 is 0 Å². The molecule has 0 aliphatic heterocycles. The summed E-state index contributed by atoms with van der Waals surface area (Å²) < 4.78 is 1.06. The lowest BCUT2D eigenvalue weighted by atomic mass is 9.92. The van der Waals surface area contributed by atoms with E-state index in [0.717, 1.165) is 10.5 Å². The average molecular weight is 215 g/mol. The minimum absolute atomic E-state index is 0. The quantitative estimate of drug-likeness (QED) is 0.525. The average Bonchev–Trinajstić information content (AvgIpc) is 2.31. The van der Waals surface area contributed by atoms with Crippen LogP contribution in [0.5, 0.6) is 0 Å². The van der Waals surface area contributed by atoms with Gasteiger partial charge in [0.05, 0.1) is 20.1 Å². The predicted octanol–water partition coefficient (Wildman–Crippen LogP) is 3.21. The van der Waals surface area contributed by atoms with Crippen molar-refractivity contribution in [3.63, 3.8) is 0 Å². The fourth-order valence-electron chi connectivity index (χ4n) is 2.75. The number of rotatable bonds is 2. The molecule has 0 bridgehead atoms. The first-order chi connectivity index (χ1) is 7.21. The monoisotopic (exact) mass is 215 g/mol. The van der Waals surface area contributed by atoms with Gasteiger partial charge in [0, 0.05) is 0 Å². The zero-order valence-electron chi connectivity index (χ0n) is 10.5. The van der Waals surface area contributed by atoms with Crippen LogP contribution in [-0.2, 0) is 0 Å². The van der Waals surface area contributed by atoms with Crippen molar-refractivity contribution in [3.8, 4) is 0 Å². The van der Waals surface area contributed by atoms with Gasteiger partial charge in [-0.1, -0.05) is 24.6 Å². The van der Waals surface area contributed by atoms with Crippen molar-refractivity contribution in [1.82, 2.24) is 4.48 Å². The van der Waals surface area contributed by atoms with Gasteiger partial charge in [-0.2, -0.15) is 0 Å². The summed E-state index contributed by atoms with van der Waals surface area (Å²) >= 11 is 0. The third-order valence-electron chi connectivity index (χ3n) is 3.91. The minimum Gasteiger partial charge on any atom is -1.00 e. The summed E-state index contributed by atoms with van der Waals surface area (Å²) in [5, 5.41) is 0. The van der Waals surface area contributed by atoms with Crippen LogP contribution in [0.1, 0.15) is 32.1 Å². The second kappa shape index (κ2) is 5.54. The molecule has 2 heteroatoms. The molecule has 4 radical (unpaired) electrons. The van der Waals surface area contributed by atoms with E-state index < -0.39 is 0 Å². The Kier molecular flexibility index (Phi) is 4.61. The topological polar surface area (TPSA) is 0 Å². The lowest BCUT2D eigenvalue weighted by Gasteiger charge is -2.39. The number of benzene rings is 1. The van der Waals surface area contributed by atoms with Crippen LogP contribution in [0.25, 0.3) is 0 Å². The highest BCUT2D eigenvalue weighted by atomic mass is 15.3. The van der Waals surface area contributed by atoms with Crippen LogP contribution in [0, 0.1) is 0 Å². The second-order valence-corrected chi connectivity index (χ2v) is 5.17. The molecule has 1 aromatic rings. The highest BCUT2D eigenvalue weighted by molar-refractivity contribution is 5.75. The van der Waals surface area contributed by atoms with E-state index in [9.17, 15) is 0 Å². The lowest BCUT2D eigenvalue weighted by Crippen LogP contribution is -2.50. The van der Waals surface area contributed by atoms with E-state index in [-0.39, 0.29) is 8.41 Å². The summed E-state index contributed by atoms with van der Waals surface area (Å²) in [7, 11) is 4.70. The fraction of sp³-hybridized carbons (Fsp3) is 0.571. The lowest BCUT2D eigenvalue weighted by molar-refractivity contribution is 0.229. The van der Waals surface area contributed by atoms with Gasteiger partial charge in [0.1, 0.15) is 5.69 Å². The molecule has 0 atom stereocenters. The van der Waals surface area contributed by atoms with Crippen molar-refractivity contribution in [2.24, 2.45) is 0 Å². The van der Waals surface area contributed by atoms with Crippen LogP contribution < -0.4 is 4.48 Å². The van der Waals surface area contributed by atoms with Gasteiger partial charge < -0.3 is 8.41 Å². The standard InChI is InChI=1S/C14H22N.B/c1-15(2,13-9-5-3-6-10-13)14-11-7-4-8-12-14;/h3,5-6,9-10,14H,4,7-8,11-12H2,1-2H3;/q+1;-1. The molecule has 16 heavy (non-hydrogen) atoms. The van der Waals surface area contributed by atoms with E-state index in [1.807, 2.05) is 0 Å². The summed E-state index contributed by atoms with van der Waals surface area (Å²) in [6, 6.07) is 11.7. The van der Waals surface area contributed by atoms with E-state index in [4.69, 9.17) is 0 Å².